The first-order valence-corrected chi connectivity index (χ1v) is 7.38. The summed E-state index contributed by atoms with van der Waals surface area (Å²) in [5.74, 6) is -0.0504. The van der Waals surface area contributed by atoms with Crippen molar-refractivity contribution in [3.05, 3.63) is 63.7 Å². The molecule has 0 aliphatic carbocycles. The maximum Gasteiger partial charge on any atom is 0.286 e. The minimum Gasteiger partial charge on any atom is -0.493 e. The number of hydrogen-bond donors (Lipinski definition) is 1. The van der Waals surface area contributed by atoms with Crippen LogP contribution in [0.1, 0.15) is 22.8 Å². The average Bonchev–Trinajstić information content (AvgIpc) is 2.60. The summed E-state index contributed by atoms with van der Waals surface area (Å²) in [7, 11) is 1.41. The Morgan fingerprint density at radius 2 is 1.92 bits per heavy atom. The molecule has 0 fully saturated rings. The first-order valence-electron chi connectivity index (χ1n) is 7.38. The SMILES string of the molecule is CCOc1cc([N+](=O)[O-])c(C(=O)NCc2ccccc2)cc1OC. The predicted octanol–water partition coefficient (Wildman–Crippen LogP) is 2.93. The van der Waals surface area contributed by atoms with E-state index in [4.69, 9.17) is 9.47 Å². The second kappa shape index (κ2) is 7.96. The molecular weight excluding hydrogens is 312 g/mol. The van der Waals surface area contributed by atoms with Gasteiger partial charge in [-0.15, -0.1) is 0 Å². The average molecular weight is 330 g/mol. The molecule has 7 nitrogen and oxygen atoms in total. The summed E-state index contributed by atoms with van der Waals surface area (Å²) < 4.78 is 10.5. The van der Waals surface area contributed by atoms with Crippen LogP contribution in [0.4, 0.5) is 5.69 Å². The lowest BCUT2D eigenvalue weighted by atomic mass is 10.1. The van der Waals surface area contributed by atoms with Gasteiger partial charge in [0.05, 0.1) is 24.7 Å². The Hall–Kier alpha value is -3.09. The van der Waals surface area contributed by atoms with E-state index in [9.17, 15) is 14.9 Å². The van der Waals surface area contributed by atoms with Crippen molar-refractivity contribution in [3.63, 3.8) is 0 Å². The highest BCUT2D eigenvalue weighted by atomic mass is 16.6. The van der Waals surface area contributed by atoms with E-state index < -0.39 is 10.8 Å². The molecule has 0 saturated carbocycles. The quantitative estimate of drug-likeness (QED) is 0.622. The van der Waals surface area contributed by atoms with Gasteiger partial charge in [-0.05, 0) is 12.5 Å². The van der Waals surface area contributed by atoms with Crippen molar-refractivity contribution in [2.75, 3.05) is 13.7 Å². The van der Waals surface area contributed by atoms with Crippen LogP contribution < -0.4 is 14.8 Å². The topological polar surface area (TPSA) is 90.7 Å². The van der Waals surface area contributed by atoms with E-state index in [1.54, 1.807) is 6.92 Å². The number of nitrogens with one attached hydrogen (secondary N) is 1. The molecule has 0 unspecified atom stereocenters. The van der Waals surface area contributed by atoms with Gasteiger partial charge in [0.15, 0.2) is 11.5 Å². The van der Waals surface area contributed by atoms with E-state index in [0.29, 0.717) is 6.61 Å². The smallest absolute Gasteiger partial charge is 0.286 e. The van der Waals surface area contributed by atoms with Crippen LogP contribution in [0, 0.1) is 10.1 Å². The number of hydrogen-bond acceptors (Lipinski definition) is 5. The monoisotopic (exact) mass is 330 g/mol. The van der Waals surface area contributed by atoms with Gasteiger partial charge in [-0.3, -0.25) is 14.9 Å². The van der Waals surface area contributed by atoms with Gasteiger partial charge in [0.1, 0.15) is 5.56 Å². The molecule has 0 aliphatic heterocycles. The molecule has 0 atom stereocenters. The number of amides is 1. The standard InChI is InChI=1S/C17H18N2O5/c1-3-24-16-10-14(19(21)22)13(9-15(16)23-2)17(20)18-11-12-7-5-4-6-8-12/h4-10H,3,11H2,1-2H3,(H,18,20). The van der Waals surface area contributed by atoms with Crippen molar-refractivity contribution in [1.29, 1.82) is 0 Å². The van der Waals surface area contributed by atoms with Crippen molar-refractivity contribution >= 4 is 11.6 Å². The van der Waals surface area contributed by atoms with E-state index in [-0.39, 0.29) is 29.3 Å². The second-order valence-electron chi connectivity index (χ2n) is 4.88. The minimum atomic E-state index is -0.612. The summed E-state index contributed by atoms with van der Waals surface area (Å²) >= 11 is 0. The van der Waals surface area contributed by atoms with Crippen LogP contribution in [0.15, 0.2) is 42.5 Å². The zero-order valence-corrected chi connectivity index (χ0v) is 13.4. The number of nitro groups is 1. The Morgan fingerprint density at radius 3 is 2.50 bits per heavy atom. The van der Waals surface area contributed by atoms with Gasteiger partial charge in [0, 0.05) is 12.6 Å². The normalized spacial score (nSPS) is 10.1. The van der Waals surface area contributed by atoms with Crippen LogP contribution >= 0.6 is 0 Å². The number of methoxy groups -OCH3 is 1. The fraction of sp³-hybridized carbons (Fsp3) is 0.235. The molecule has 7 heteroatoms. The van der Waals surface area contributed by atoms with Gasteiger partial charge in [-0.2, -0.15) is 0 Å². The van der Waals surface area contributed by atoms with Gasteiger partial charge in [0.2, 0.25) is 0 Å². The van der Waals surface area contributed by atoms with Crippen molar-refractivity contribution in [1.82, 2.24) is 5.32 Å². The van der Waals surface area contributed by atoms with Crippen LogP contribution in [0.5, 0.6) is 11.5 Å². The highest BCUT2D eigenvalue weighted by Gasteiger charge is 2.24. The molecule has 1 N–H and O–H groups in total. The molecule has 126 valence electrons. The Morgan fingerprint density at radius 1 is 1.21 bits per heavy atom. The van der Waals surface area contributed by atoms with E-state index in [1.165, 1.54) is 19.2 Å². The number of nitro benzene ring substituents is 1. The summed E-state index contributed by atoms with van der Waals surface area (Å²) in [5, 5.41) is 14.0. The van der Waals surface area contributed by atoms with Crippen molar-refractivity contribution < 1.29 is 19.2 Å². The molecular formula is C17H18N2O5. The molecule has 24 heavy (non-hydrogen) atoms. The summed E-state index contributed by atoms with van der Waals surface area (Å²) in [5.41, 5.74) is 0.493. The highest BCUT2D eigenvalue weighted by Crippen LogP contribution is 2.34. The molecule has 2 aromatic carbocycles. The van der Waals surface area contributed by atoms with Crippen LogP contribution in [0.3, 0.4) is 0 Å². The van der Waals surface area contributed by atoms with Crippen LogP contribution in [-0.4, -0.2) is 24.5 Å². The molecule has 0 saturated heterocycles. The van der Waals surface area contributed by atoms with Crippen molar-refractivity contribution in [3.8, 4) is 11.5 Å². The first-order chi connectivity index (χ1) is 11.6. The highest BCUT2D eigenvalue weighted by molar-refractivity contribution is 5.99. The Labute approximate surface area is 139 Å². The molecule has 0 radical (unpaired) electrons. The van der Waals surface area contributed by atoms with Gasteiger partial charge in [-0.1, -0.05) is 30.3 Å². The molecule has 0 heterocycles. The fourth-order valence-corrected chi connectivity index (χ4v) is 2.18. The number of carbonyl (C=O) groups is 1. The molecule has 1 amide bonds. The lowest BCUT2D eigenvalue weighted by Crippen LogP contribution is -2.23. The summed E-state index contributed by atoms with van der Waals surface area (Å²) in [6, 6.07) is 11.8. The lowest BCUT2D eigenvalue weighted by molar-refractivity contribution is -0.385. The third-order valence-electron chi connectivity index (χ3n) is 3.32. The van der Waals surface area contributed by atoms with Crippen molar-refractivity contribution in [2.24, 2.45) is 0 Å². The number of ether oxygens (including phenoxy) is 2. The number of benzene rings is 2. The maximum atomic E-state index is 12.4. The molecule has 2 rings (SSSR count). The first kappa shape index (κ1) is 17.3. The van der Waals surface area contributed by atoms with E-state index in [1.807, 2.05) is 30.3 Å². The zero-order chi connectivity index (χ0) is 17.5. The Bertz CT molecular complexity index is 731. The van der Waals surface area contributed by atoms with Gasteiger partial charge in [-0.25, -0.2) is 0 Å². The largest absolute Gasteiger partial charge is 0.493 e. The van der Waals surface area contributed by atoms with E-state index in [0.717, 1.165) is 5.56 Å². The molecule has 2 aromatic rings. The minimum absolute atomic E-state index is 0.0729. The zero-order valence-electron chi connectivity index (χ0n) is 13.4. The van der Waals surface area contributed by atoms with Crippen LogP contribution in [0.2, 0.25) is 0 Å². The third-order valence-corrected chi connectivity index (χ3v) is 3.32. The number of rotatable bonds is 7. The molecule has 0 aliphatic rings. The maximum absolute atomic E-state index is 12.4. The summed E-state index contributed by atoms with van der Waals surface area (Å²) in [6.07, 6.45) is 0. The summed E-state index contributed by atoms with van der Waals surface area (Å²) in [4.78, 5) is 23.0. The van der Waals surface area contributed by atoms with Crippen LogP contribution in [-0.2, 0) is 6.54 Å². The van der Waals surface area contributed by atoms with Gasteiger partial charge in [0.25, 0.3) is 11.6 Å². The summed E-state index contributed by atoms with van der Waals surface area (Å²) in [6.45, 7) is 2.35. The molecule has 0 spiro atoms. The Balaban J connectivity index is 2.29. The Kier molecular flexibility index (Phi) is 5.73. The number of nitrogens with zero attached hydrogens (tertiary/aromatic N) is 1. The van der Waals surface area contributed by atoms with Crippen molar-refractivity contribution in [2.45, 2.75) is 13.5 Å². The lowest BCUT2D eigenvalue weighted by Gasteiger charge is -2.12. The molecule has 0 bridgehead atoms. The van der Waals surface area contributed by atoms with Crippen LogP contribution in [0.25, 0.3) is 0 Å². The predicted molar refractivity (Wildman–Crippen MR) is 88.4 cm³/mol. The van der Waals surface area contributed by atoms with Gasteiger partial charge < -0.3 is 14.8 Å². The third kappa shape index (κ3) is 4.01. The number of carbonyl (C=O) groups excluding carboxylic acids is 1. The fourth-order valence-electron chi connectivity index (χ4n) is 2.18. The molecule has 0 aromatic heterocycles. The van der Waals surface area contributed by atoms with E-state index in [2.05, 4.69) is 5.32 Å². The second-order valence-corrected chi connectivity index (χ2v) is 4.88. The van der Waals surface area contributed by atoms with Gasteiger partial charge >= 0.3 is 0 Å². The van der Waals surface area contributed by atoms with E-state index >= 15 is 0 Å².